The molecule has 2 N–H and O–H groups in total. The zero-order chi connectivity index (χ0) is 36.6. The van der Waals surface area contributed by atoms with Gasteiger partial charge in [-0.25, -0.2) is 4.79 Å². The van der Waals surface area contributed by atoms with E-state index in [1.807, 2.05) is 25.1 Å². The zero-order valence-corrected chi connectivity index (χ0v) is 32.7. The highest BCUT2D eigenvalue weighted by atomic mass is 16.6. The summed E-state index contributed by atoms with van der Waals surface area (Å²) in [5.41, 5.74) is 12.0. The Labute approximate surface area is 308 Å². The number of allylic oxidation sites excluding steroid dienone is 5. The highest BCUT2D eigenvalue weighted by Crippen LogP contribution is 2.76. The Balaban J connectivity index is 1.14. The predicted octanol–water partition coefficient (Wildman–Crippen LogP) is 10.4. The van der Waals surface area contributed by atoms with Crippen LogP contribution in [0.4, 0.5) is 0 Å². The minimum Gasteiger partial charge on any atom is -0.465 e. The monoisotopic (exact) mass is 695 g/mol. The third-order valence-corrected chi connectivity index (χ3v) is 16.9. The number of hydrogen-bond donors (Lipinski definition) is 1. The average molecular weight is 696 g/mol. The van der Waals surface area contributed by atoms with Crippen molar-refractivity contribution in [1.29, 1.82) is 0 Å². The number of esters is 2. The maximum absolute atomic E-state index is 13.5. The second-order valence-corrected chi connectivity index (χ2v) is 19.3. The molecule has 1 aromatic rings. The van der Waals surface area contributed by atoms with Crippen molar-refractivity contribution in [2.45, 2.75) is 131 Å². The summed E-state index contributed by atoms with van der Waals surface area (Å²) in [6.45, 7) is 22.0. The van der Waals surface area contributed by atoms with E-state index in [-0.39, 0.29) is 28.9 Å². The number of nitrogens with two attached hydrogens (primary N) is 1. The molecule has 0 aliphatic heterocycles. The Hall–Kier alpha value is -2.66. The van der Waals surface area contributed by atoms with Crippen LogP contribution in [0.15, 0.2) is 65.8 Å². The van der Waals surface area contributed by atoms with Crippen LogP contribution in [-0.4, -0.2) is 30.7 Å². The van der Waals surface area contributed by atoms with Crippen LogP contribution in [-0.2, 0) is 14.3 Å². The molecule has 0 saturated heterocycles. The quantitative estimate of drug-likeness (QED) is 0.227. The molecule has 0 spiro atoms. The van der Waals surface area contributed by atoms with Gasteiger partial charge in [0.15, 0.2) is 0 Å². The fourth-order valence-electron chi connectivity index (χ4n) is 14.0. The van der Waals surface area contributed by atoms with Crippen LogP contribution in [0.3, 0.4) is 0 Å². The molecule has 5 nitrogen and oxygen atoms in total. The van der Waals surface area contributed by atoms with Gasteiger partial charge in [0.05, 0.1) is 12.2 Å². The lowest BCUT2D eigenvalue weighted by molar-refractivity contribution is -0.219. The van der Waals surface area contributed by atoms with Gasteiger partial charge in [0.2, 0.25) is 0 Å². The molecule has 0 amide bonds. The Bertz CT molecular complexity index is 1620. The number of ether oxygens (including phenoxy) is 2. The van der Waals surface area contributed by atoms with Gasteiger partial charge in [0, 0.05) is 5.54 Å². The Morgan fingerprint density at radius 2 is 1.59 bits per heavy atom. The van der Waals surface area contributed by atoms with Crippen LogP contribution < -0.4 is 5.73 Å². The minimum atomic E-state index is -0.859. The SMILES string of the molecule is C=C(C)[C@@H]1CC[C@]2(N)CC[C@]3(C)[C@H](CC[C@@H]4[C@@]5(C)CC=C(C6=CC[C@@](COC(=O)c7ccccc7)(C(=O)OCC)CC6)C(C)(C)[C@@H]5CC[C@]43C)[C@@H]12. The van der Waals surface area contributed by atoms with Crippen LogP contribution in [0.25, 0.3) is 0 Å². The first kappa shape index (κ1) is 36.7. The van der Waals surface area contributed by atoms with Crippen LogP contribution in [0.1, 0.15) is 136 Å². The summed E-state index contributed by atoms with van der Waals surface area (Å²) in [4.78, 5) is 26.3. The molecule has 6 aliphatic carbocycles. The van der Waals surface area contributed by atoms with Crippen molar-refractivity contribution in [3.63, 3.8) is 0 Å². The molecule has 5 heteroatoms. The van der Waals surface area contributed by atoms with E-state index in [9.17, 15) is 9.59 Å². The van der Waals surface area contributed by atoms with Gasteiger partial charge >= 0.3 is 11.9 Å². The lowest BCUT2D eigenvalue weighted by atomic mass is 9.33. The van der Waals surface area contributed by atoms with E-state index >= 15 is 0 Å². The highest BCUT2D eigenvalue weighted by Gasteiger charge is 2.70. The molecular weight excluding hydrogens is 631 g/mol. The molecule has 1 aromatic carbocycles. The van der Waals surface area contributed by atoms with E-state index in [0.717, 1.165) is 12.8 Å². The summed E-state index contributed by atoms with van der Waals surface area (Å²) >= 11 is 0. The van der Waals surface area contributed by atoms with Gasteiger partial charge < -0.3 is 15.2 Å². The van der Waals surface area contributed by atoms with Crippen LogP contribution in [0.2, 0.25) is 0 Å². The summed E-state index contributed by atoms with van der Waals surface area (Å²) in [6.07, 6.45) is 17.9. The topological polar surface area (TPSA) is 78.6 Å². The molecule has 0 heterocycles. The van der Waals surface area contributed by atoms with Crippen LogP contribution in [0, 0.1) is 56.7 Å². The van der Waals surface area contributed by atoms with Crippen molar-refractivity contribution >= 4 is 11.9 Å². The number of fused-ring (bicyclic) bond motifs is 7. The fraction of sp³-hybridized carbons (Fsp3) is 0.696. The molecule has 278 valence electrons. The lowest BCUT2D eigenvalue weighted by Gasteiger charge is -2.72. The molecule has 0 aromatic heterocycles. The van der Waals surface area contributed by atoms with Gasteiger partial charge in [-0.3, -0.25) is 4.79 Å². The summed E-state index contributed by atoms with van der Waals surface area (Å²) < 4.78 is 11.4. The maximum Gasteiger partial charge on any atom is 0.338 e. The summed E-state index contributed by atoms with van der Waals surface area (Å²) in [5.74, 6) is 2.46. The first-order valence-corrected chi connectivity index (χ1v) is 20.3. The van der Waals surface area contributed by atoms with E-state index in [0.29, 0.717) is 65.4 Å². The number of carbonyl (C=O) groups excluding carboxylic acids is 2. The lowest BCUT2D eigenvalue weighted by Crippen LogP contribution is -2.67. The van der Waals surface area contributed by atoms with Crippen molar-refractivity contribution in [3.05, 3.63) is 71.3 Å². The Kier molecular flexibility index (Phi) is 9.16. The maximum atomic E-state index is 13.5. The van der Waals surface area contributed by atoms with Gasteiger partial charge in [0.1, 0.15) is 12.0 Å². The molecule has 7 rings (SSSR count). The third kappa shape index (κ3) is 5.47. The molecule has 0 bridgehead atoms. The molecule has 6 aliphatic rings. The van der Waals surface area contributed by atoms with Crippen LogP contribution >= 0.6 is 0 Å². The van der Waals surface area contributed by atoms with Gasteiger partial charge in [-0.1, -0.05) is 77.1 Å². The van der Waals surface area contributed by atoms with Gasteiger partial charge in [-0.2, -0.15) is 0 Å². The van der Waals surface area contributed by atoms with Crippen molar-refractivity contribution in [3.8, 4) is 0 Å². The largest absolute Gasteiger partial charge is 0.465 e. The number of hydrogen-bond acceptors (Lipinski definition) is 5. The van der Waals surface area contributed by atoms with Crippen LogP contribution in [0.5, 0.6) is 0 Å². The predicted molar refractivity (Wildman–Crippen MR) is 205 cm³/mol. The van der Waals surface area contributed by atoms with Crippen molar-refractivity contribution in [1.82, 2.24) is 0 Å². The van der Waals surface area contributed by atoms with Crippen molar-refractivity contribution < 1.29 is 19.1 Å². The molecule has 4 fully saturated rings. The molecule has 0 unspecified atom stereocenters. The molecule has 4 saturated carbocycles. The van der Waals surface area contributed by atoms with Crippen molar-refractivity contribution in [2.75, 3.05) is 13.2 Å². The van der Waals surface area contributed by atoms with Gasteiger partial charge in [0.25, 0.3) is 0 Å². The summed E-state index contributed by atoms with van der Waals surface area (Å²) in [6, 6.07) is 9.02. The fourth-order valence-corrected chi connectivity index (χ4v) is 14.0. The number of rotatable bonds is 7. The number of carbonyl (C=O) groups is 2. The second kappa shape index (κ2) is 12.7. The normalized spacial score (nSPS) is 42.5. The number of benzene rings is 1. The molecule has 51 heavy (non-hydrogen) atoms. The standard InChI is InChI=1S/C46H65NO4/c1-9-50-40(49)45(29-51-39(48)32-13-11-10-12-14-32)24-17-31(18-25-45)34-20-22-42(6)36(41(34,4)5)21-23-44(8)37(42)16-15-35-38-33(30(2)3)19-26-46(38,47)28-27-43(35,44)7/h10-14,17,20,33,35-38H,2,9,15-16,18-19,21-29,47H2,1,3-8H3/t33-,35+,36-,37+,38+,42-,43+,44+,45+,46-/m0/s1. The Morgan fingerprint density at radius 1 is 0.843 bits per heavy atom. The minimum absolute atomic E-state index is 0.00923. The summed E-state index contributed by atoms with van der Waals surface area (Å²) in [7, 11) is 0. The van der Waals surface area contributed by atoms with Crippen molar-refractivity contribution in [2.24, 2.45) is 62.4 Å². The van der Waals surface area contributed by atoms with E-state index in [4.69, 9.17) is 15.2 Å². The summed E-state index contributed by atoms with van der Waals surface area (Å²) in [5, 5.41) is 0. The molecule has 0 radical (unpaired) electrons. The molecular formula is C46H65NO4. The first-order valence-electron chi connectivity index (χ1n) is 20.3. The van der Waals surface area contributed by atoms with Gasteiger partial charge in [-0.05, 0) is 165 Å². The Morgan fingerprint density at radius 3 is 2.25 bits per heavy atom. The smallest absolute Gasteiger partial charge is 0.338 e. The zero-order valence-electron chi connectivity index (χ0n) is 32.7. The van der Waals surface area contributed by atoms with E-state index in [1.54, 1.807) is 12.1 Å². The van der Waals surface area contributed by atoms with Gasteiger partial charge in [-0.15, -0.1) is 0 Å². The second-order valence-electron chi connectivity index (χ2n) is 19.3. The van der Waals surface area contributed by atoms with E-state index < -0.39 is 11.4 Å². The molecule has 10 atom stereocenters. The first-order chi connectivity index (χ1) is 24.1. The average Bonchev–Trinajstić information content (AvgIpc) is 3.46. The third-order valence-electron chi connectivity index (χ3n) is 16.9. The van der Waals surface area contributed by atoms with E-state index in [1.165, 1.54) is 68.1 Å². The highest BCUT2D eigenvalue weighted by molar-refractivity contribution is 5.89. The van der Waals surface area contributed by atoms with E-state index in [2.05, 4.69) is 60.3 Å².